The molecule has 0 aliphatic carbocycles. The molecule has 1 saturated heterocycles. The Bertz CT molecular complexity index is 686. The van der Waals surface area contributed by atoms with Crippen LogP contribution in [0.2, 0.25) is 0 Å². The van der Waals surface area contributed by atoms with Gasteiger partial charge < -0.3 is 19.9 Å². The van der Waals surface area contributed by atoms with Gasteiger partial charge in [0.1, 0.15) is 23.7 Å². The van der Waals surface area contributed by atoms with Crippen LogP contribution in [0, 0.1) is 0 Å². The Morgan fingerprint density at radius 2 is 2.00 bits per heavy atom. The molecule has 0 radical (unpaired) electrons. The summed E-state index contributed by atoms with van der Waals surface area (Å²) in [6, 6.07) is 9.83. The van der Waals surface area contributed by atoms with E-state index in [-0.39, 0.29) is 0 Å². The molecular formula is C17H21N5O2. The SMILES string of the molecule is COc1ccccc1CNc1cc(N2CCN(C=O)CC2)ncn1. The lowest BCUT2D eigenvalue weighted by Crippen LogP contribution is -2.46. The molecule has 1 fully saturated rings. The number of carbonyl (C=O) groups excluding carboxylic acids is 1. The normalized spacial score (nSPS) is 14.4. The number of hydrogen-bond donors (Lipinski definition) is 1. The number of nitrogens with one attached hydrogen (secondary N) is 1. The number of piperazine rings is 1. The molecular weight excluding hydrogens is 306 g/mol. The quantitative estimate of drug-likeness (QED) is 0.808. The summed E-state index contributed by atoms with van der Waals surface area (Å²) in [6.45, 7) is 3.62. The van der Waals surface area contributed by atoms with E-state index in [9.17, 15) is 4.79 Å². The molecule has 24 heavy (non-hydrogen) atoms. The fraction of sp³-hybridized carbons (Fsp3) is 0.353. The third kappa shape index (κ3) is 3.73. The van der Waals surface area contributed by atoms with Crippen LogP contribution in [0.15, 0.2) is 36.7 Å². The number of carbonyl (C=O) groups is 1. The Hall–Kier alpha value is -2.83. The number of amides is 1. The maximum atomic E-state index is 10.8. The molecule has 126 valence electrons. The molecule has 1 aromatic heterocycles. The van der Waals surface area contributed by atoms with Gasteiger partial charge in [-0.2, -0.15) is 0 Å². The highest BCUT2D eigenvalue weighted by Gasteiger charge is 2.17. The molecule has 0 spiro atoms. The van der Waals surface area contributed by atoms with E-state index in [1.165, 1.54) is 0 Å². The number of hydrogen-bond acceptors (Lipinski definition) is 6. The summed E-state index contributed by atoms with van der Waals surface area (Å²) in [5.41, 5.74) is 1.07. The third-order valence-electron chi connectivity index (χ3n) is 4.09. The van der Waals surface area contributed by atoms with Crippen molar-refractivity contribution in [3.63, 3.8) is 0 Å². The molecule has 7 nitrogen and oxygen atoms in total. The lowest BCUT2D eigenvalue weighted by Gasteiger charge is -2.33. The maximum Gasteiger partial charge on any atom is 0.209 e. The van der Waals surface area contributed by atoms with Crippen molar-refractivity contribution in [3.8, 4) is 5.75 Å². The van der Waals surface area contributed by atoms with Crippen molar-refractivity contribution in [2.45, 2.75) is 6.54 Å². The second kappa shape index (κ2) is 7.63. The Labute approximate surface area is 141 Å². The van der Waals surface area contributed by atoms with Crippen LogP contribution < -0.4 is 15.0 Å². The Morgan fingerprint density at radius 3 is 2.75 bits per heavy atom. The monoisotopic (exact) mass is 327 g/mol. The van der Waals surface area contributed by atoms with Gasteiger partial charge in [-0.05, 0) is 6.07 Å². The first-order chi connectivity index (χ1) is 11.8. The van der Waals surface area contributed by atoms with E-state index in [0.29, 0.717) is 6.54 Å². The number of benzene rings is 1. The molecule has 0 unspecified atom stereocenters. The van der Waals surface area contributed by atoms with Gasteiger partial charge >= 0.3 is 0 Å². The number of ether oxygens (including phenoxy) is 1. The second-order valence-corrected chi connectivity index (χ2v) is 5.56. The molecule has 0 saturated carbocycles. The lowest BCUT2D eigenvalue weighted by molar-refractivity contribution is -0.118. The maximum absolute atomic E-state index is 10.8. The first-order valence-electron chi connectivity index (χ1n) is 7.92. The smallest absolute Gasteiger partial charge is 0.209 e. The third-order valence-corrected chi connectivity index (χ3v) is 4.09. The minimum Gasteiger partial charge on any atom is -0.496 e. The highest BCUT2D eigenvalue weighted by atomic mass is 16.5. The summed E-state index contributed by atoms with van der Waals surface area (Å²) in [6.07, 6.45) is 2.46. The van der Waals surface area contributed by atoms with Crippen molar-refractivity contribution in [2.24, 2.45) is 0 Å². The zero-order valence-electron chi connectivity index (χ0n) is 13.7. The standard InChI is InChI=1S/C17H21N5O2/c1-24-15-5-3-2-4-14(15)11-18-16-10-17(20-12-19-16)22-8-6-21(13-23)7-9-22/h2-5,10,12-13H,6-9,11H2,1H3,(H,18,19,20). The van der Waals surface area contributed by atoms with Crippen LogP contribution >= 0.6 is 0 Å². The van der Waals surface area contributed by atoms with Crippen LogP contribution in [0.3, 0.4) is 0 Å². The van der Waals surface area contributed by atoms with Crippen LogP contribution in [-0.4, -0.2) is 54.6 Å². The van der Waals surface area contributed by atoms with Crippen LogP contribution in [0.5, 0.6) is 5.75 Å². The topological polar surface area (TPSA) is 70.6 Å². The summed E-state index contributed by atoms with van der Waals surface area (Å²) in [4.78, 5) is 23.4. The first kappa shape index (κ1) is 16.0. The van der Waals surface area contributed by atoms with Crippen molar-refractivity contribution in [1.82, 2.24) is 14.9 Å². The number of anilines is 2. The van der Waals surface area contributed by atoms with E-state index in [1.54, 1.807) is 18.3 Å². The summed E-state index contributed by atoms with van der Waals surface area (Å²) >= 11 is 0. The van der Waals surface area contributed by atoms with E-state index in [2.05, 4.69) is 20.2 Å². The van der Waals surface area contributed by atoms with Crippen LogP contribution in [0.4, 0.5) is 11.6 Å². The Morgan fingerprint density at radius 1 is 1.21 bits per heavy atom. The zero-order valence-corrected chi connectivity index (χ0v) is 13.7. The minimum atomic E-state index is 0.624. The predicted octanol–water partition coefficient (Wildman–Crippen LogP) is 1.38. The van der Waals surface area contributed by atoms with Crippen molar-refractivity contribution in [1.29, 1.82) is 0 Å². The van der Waals surface area contributed by atoms with Gasteiger partial charge in [-0.15, -0.1) is 0 Å². The number of aromatic nitrogens is 2. The number of nitrogens with zero attached hydrogens (tertiary/aromatic N) is 4. The van der Waals surface area contributed by atoms with Gasteiger partial charge in [-0.3, -0.25) is 4.79 Å². The molecule has 0 atom stereocenters. The fourth-order valence-corrected chi connectivity index (χ4v) is 2.71. The molecule has 2 heterocycles. The molecule has 3 rings (SSSR count). The Balaban J connectivity index is 1.64. The number of methoxy groups -OCH3 is 1. The van der Waals surface area contributed by atoms with Gasteiger partial charge in [0, 0.05) is 44.4 Å². The van der Waals surface area contributed by atoms with Crippen LogP contribution in [0.25, 0.3) is 0 Å². The molecule has 1 aromatic carbocycles. The average Bonchev–Trinajstić information content (AvgIpc) is 2.67. The Kier molecular flexibility index (Phi) is 5.10. The second-order valence-electron chi connectivity index (χ2n) is 5.56. The molecule has 1 N–H and O–H groups in total. The van der Waals surface area contributed by atoms with Crippen molar-refractivity contribution in [3.05, 3.63) is 42.2 Å². The fourth-order valence-electron chi connectivity index (χ4n) is 2.71. The molecule has 1 amide bonds. The summed E-state index contributed by atoms with van der Waals surface area (Å²) in [5, 5.41) is 3.31. The average molecular weight is 327 g/mol. The van der Waals surface area contributed by atoms with Gasteiger partial charge in [0.15, 0.2) is 0 Å². The van der Waals surface area contributed by atoms with E-state index < -0.39 is 0 Å². The van der Waals surface area contributed by atoms with Gasteiger partial charge in [0.2, 0.25) is 6.41 Å². The van der Waals surface area contributed by atoms with Crippen molar-refractivity contribution in [2.75, 3.05) is 43.5 Å². The van der Waals surface area contributed by atoms with E-state index >= 15 is 0 Å². The van der Waals surface area contributed by atoms with Gasteiger partial charge in [-0.25, -0.2) is 9.97 Å². The van der Waals surface area contributed by atoms with Gasteiger partial charge in [0.25, 0.3) is 0 Å². The van der Waals surface area contributed by atoms with E-state index in [4.69, 9.17) is 4.74 Å². The van der Waals surface area contributed by atoms with Crippen LogP contribution in [0.1, 0.15) is 5.56 Å². The molecule has 7 heteroatoms. The number of para-hydroxylation sites is 1. The summed E-state index contributed by atoms with van der Waals surface area (Å²) in [5.74, 6) is 2.49. The van der Waals surface area contributed by atoms with Crippen molar-refractivity contribution < 1.29 is 9.53 Å². The summed E-state index contributed by atoms with van der Waals surface area (Å²) < 4.78 is 5.36. The van der Waals surface area contributed by atoms with Crippen molar-refractivity contribution >= 4 is 18.0 Å². The van der Waals surface area contributed by atoms with Gasteiger partial charge in [0.05, 0.1) is 7.11 Å². The first-order valence-corrected chi connectivity index (χ1v) is 7.92. The van der Waals surface area contributed by atoms with Gasteiger partial charge in [-0.1, -0.05) is 18.2 Å². The highest BCUT2D eigenvalue weighted by Crippen LogP contribution is 2.20. The molecule has 1 aliphatic rings. The molecule has 2 aromatic rings. The highest BCUT2D eigenvalue weighted by molar-refractivity contribution is 5.52. The van der Waals surface area contributed by atoms with E-state index in [1.807, 2.05) is 30.3 Å². The molecule has 1 aliphatic heterocycles. The predicted molar refractivity (Wildman–Crippen MR) is 92.2 cm³/mol. The number of rotatable bonds is 6. The molecule has 0 bridgehead atoms. The van der Waals surface area contributed by atoms with E-state index in [0.717, 1.165) is 55.5 Å². The minimum absolute atomic E-state index is 0.624. The lowest BCUT2D eigenvalue weighted by atomic mass is 10.2. The van der Waals surface area contributed by atoms with Crippen LogP contribution in [-0.2, 0) is 11.3 Å². The largest absolute Gasteiger partial charge is 0.496 e. The zero-order chi connectivity index (χ0) is 16.8. The summed E-state index contributed by atoms with van der Waals surface area (Å²) in [7, 11) is 1.67.